The third kappa shape index (κ3) is 6.19. The van der Waals surface area contributed by atoms with Gasteiger partial charge in [0.2, 0.25) is 11.8 Å². The molecule has 0 radical (unpaired) electrons. The summed E-state index contributed by atoms with van der Waals surface area (Å²) in [5.41, 5.74) is 1.40. The lowest BCUT2D eigenvalue weighted by atomic mass is 9.96. The van der Waals surface area contributed by atoms with Crippen molar-refractivity contribution in [1.29, 1.82) is 0 Å². The number of carbonyl (C=O) groups is 1. The normalized spacial score (nSPS) is 11.9. The molecule has 0 atom stereocenters. The van der Waals surface area contributed by atoms with E-state index >= 15 is 0 Å². The minimum Gasteiger partial charge on any atom is -0.445 e. The molecule has 0 saturated carbocycles. The van der Waals surface area contributed by atoms with Crippen LogP contribution in [0.25, 0.3) is 22.6 Å². The number of sulfonamides is 1. The number of rotatable bonds is 8. The standard InChI is InChI=1S/C30H24ClF3N4O5S/c1-17-18(2)36-43-27(17)37-44(40,41)26-7-5-4-6-23(26)22-10-8-19(28-35-12-13-42-28)14-20(22)16-38(3)29(39)24-15-21(30(32,33)34)9-11-25(24)31/h4-15,37H,16H2,1-3H3. The van der Waals surface area contributed by atoms with Gasteiger partial charge in [0.05, 0.1) is 32.9 Å². The number of nitrogens with one attached hydrogen (secondary N) is 1. The Labute approximate surface area is 255 Å². The first-order valence-corrected chi connectivity index (χ1v) is 14.8. The molecule has 44 heavy (non-hydrogen) atoms. The molecule has 1 amide bonds. The number of halogens is 4. The molecule has 0 saturated heterocycles. The van der Waals surface area contributed by atoms with E-state index in [1.165, 1.54) is 30.5 Å². The van der Waals surface area contributed by atoms with Gasteiger partial charge in [0, 0.05) is 30.3 Å². The summed E-state index contributed by atoms with van der Waals surface area (Å²) < 4.78 is 80.3. The summed E-state index contributed by atoms with van der Waals surface area (Å²) in [5.74, 6) is -0.529. The van der Waals surface area contributed by atoms with Crippen LogP contribution >= 0.6 is 11.6 Å². The minimum absolute atomic E-state index is 0.0277. The Hall–Kier alpha value is -4.62. The van der Waals surface area contributed by atoms with Crippen LogP contribution in [0.3, 0.4) is 0 Å². The van der Waals surface area contributed by atoms with Crippen LogP contribution in [0, 0.1) is 13.8 Å². The highest BCUT2D eigenvalue weighted by Crippen LogP contribution is 2.36. The average molecular weight is 645 g/mol. The van der Waals surface area contributed by atoms with Crippen molar-refractivity contribution in [2.75, 3.05) is 11.8 Å². The summed E-state index contributed by atoms with van der Waals surface area (Å²) in [5, 5.41) is 3.65. The maximum absolute atomic E-state index is 13.6. The van der Waals surface area contributed by atoms with E-state index in [4.69, 9.17) is 20.5 Å². The number of alkyl halides is 3. The number of oxazole rings is 1. The molecule has 0 aliphatic rings. The summed E-state index contributed by atoms with van der Waals surface area (Å²) in [7, 11) is -2.80. The highest BCUT2D eigenvalue weighted by Gasteiger charge is 2.32. The first-order chi connectivity index (χ1) is 20.8. The van der Waals surface area contributed by atoms with Crippen molar-refractivity contribution in [3.63, 3.8) is 0 Å². The maximum Gasteiger partial charge on any atom is 0.416 e. The van der Waals surface area contributed by atoms with Crippen LogP contribution in [0.1, 0.15) is 32.7 Å². The zero-order chi connectivity index (χ0) is 31.8. The Morgan fingerprint density at radius 2 is 1.80 bits per heavy atom. The van der Waals surface area contributed by atoms with Gasteiger partial charge in [0.15, 0.2) is 0 Å². The van der Waals surface area contributed by atoms with Gasteiger partial charge < -0.3 is 13.8 Å². The molecule has 5 aromatic rings. The quantitative estimate of drug-likeness (QED) is 0.187. The number of nitrogens with zero attached hydrogens (tertiary/aromatic N) is 3. The second-order valence-corrected chi connectivity index (χ2v) is 11.9. The van der Waals surface area contributed by atoms with E-state index < -0.39 is 27.7 Å². The highest BCUT2D eigenvalue weighted by molar-refractivity contribution is 7.92. The average Bonchev–Trinajstić information content (AvgIpc) is 3.63. The van der Waals surface area contributed by atoms with Gasteiger partial charge in [0.1, 0.15) is 6.26 Å². The van der Waals surface area contributed by atoms with E-state index in [0.29, 0.717) is 39.6 Å². The molecule has 1 N–H and O–H groups in total. The van der Waals surface area contributed by atoms with Crippen molar-refractivity contribution in [3.8, 4) is 22.6 Å². The molecule has 2 heterocycles. The molecule has 3 aromatic carbocycles. The zero-order valence-corrected chi connectivity index (χ0v) is 25.0. The lowest BCUT2D eigenvalue weighted by Gasteiger charge is -2.22. The molecule has 5 rings (SSSR count). The van der Waals surface area contributed by atoms with Crippen molar-refractivity contribution in [2.24, 2.45) is 0 Å². The van der Waals surface area contributed by atoms with Crippen molar-refractivity contribution in [3.05, 3.63) is 106 Å². The van der Waals surface area contributed by atoms with Crippen molar-refractivity contribution in [2.45, 2.75) is 31.5 Å². The van der Waals surface area contributed by atoms with Gasteiger partial charge in [-0.3, -0.25) is 4.79 Å². The number of hydrogen-bond acceptors (Lipinski definition) is 7. The van der Waals surface area contributed by atoms with Crippen LogP contribution in [0.15, 0.2) is 87.0 Å². The second kappa shape index (κ2) is 11.8. The lowest BCUT2D eigenvalue weighted by molar-refractivity contribution is -0.137. The van der Waals surface area contributed by atoms with Gasteiger partial charge in [-0.25, -0.2) is 18.1 Å². The molecule has 0 spiro atoms. The van der Waals surface area contributed by atoms with Crippen LogP contribution in [-0.2, 0) is 22.7 Å². The predicted octanol–water partition coefficient (Wildman–Crippen LogP) is 7.36. The number of anilines is 1. The first-order valence-electron chi connectivity index (χ1n) is 13.0. The summed E-state index contributed by atoms with van der Waals surface area (Å²) in [4.78, 5) is 18.7. The largest absolute Gasteiger partial charge is 0.445 e. The third-order valence-corrected chi connectivity index (χ3v) is 8.63. The Morgan fingerprint density at radius 3 is 2.45 bits per heavy atom. The fourth-order valence-corrected chi connectivity index (χ4v) is 5.96. The van der Waals surface area contributed by atoms with Gasteiger partial charge in [0.25, 0.3) is 15.9 Å². The molecule has 14 heteroatoms. The van der Waals surface area contributed by atoms with Gasteiger partial charge in [-0.1, -0.05) is 41.0 Å². The molecule has 0 unspecified atom stereocenters. The number of hydrogen-bond donors (Lipinski definition) is 1. The number of aryl methyl sites for hydroxylation is 1. The molecular formula is C30H24ClF3N4O5S. The Morgan fingerprint density at radius 1 is 1.05 bits per heavy atom. The van der Waals surface area contributed by atoms with Crippen LogP contribution in [0.4, 0.5) is 19.1 Å². The Balaban J connectivity index is 1.58. The predicted molar refractivity (Wildman–Crippen MR) is 156 cm³/mol. The fraction of sp³-hybridized carbons (Fsp3) is 0.167. The van der Waals surface area contributed by atoms with Crippen LogP contribution in [0.5, 0.6) is 0 Å². The molecular weight excluding hydrogens is 621 g/mol. The number of carbonyl (C=O) groups excluding carboxylic acids is 1. The number of benzene rings is 3. The Bertz CT molecular complexity index is 1960. The maximum atomic E-state index is 13.6. The number of amides is 1. The van der Waals surface area contributed by atoms with Crippen LogP contribution in [0.2, 0.25) is 5.02 Å². The smallest absolute Gasteiger partial charge is 0.416 e. The van der Waals surface area contributed by atoms with Crippen molar-refractivity contribution in [1.82, 2.24) is 15.0 Å². The SMILES string of the molecule is Cc1noc(NS(=O)(=O)c2ccccc2-c2ccc(-c3ncco3)cc2CN(C)C(=O)c2cc(C(F)(F)F)ccc2Cl)c1C. The second-order valence-electron chi connectivity index (χ2n) is 9.89. The molecule has 228 valence electrons. The number of aromatic nitrogens is 2. The van der Waals surface area contributed by atoms with E-state index in [1.807, 2.05) is 0 Å². The summed E-state index contributed by atoms with van der Waals surface area (Å²) >= 11 is 6.14. The van der Waals surface area contributed by atoms with Crippen LogP contribution in [-0.4, -0.2) is 36.4 Å². The van der Waals surface area contributed by atoms with Gasteiger partial charge in [-0.2, -0.15) is 13.2 Å². The summed E-state index contributed by atoms with van der Waals surface area (Å²) in [6, 6.07) is 13.7. The fourth-order valence-electron chi connectivity index (χ4n) is 4.50. The highest BCUT2D eigenvalue weighted by atomic mass is 35.5. The van der Waals surface area contributed by atoms with E-state index in [9.17, 15) is 26.4 Å². The first kappa shape index (κ1) is 30.8. The molecule has 0 aliphatic carbocycles. The zero-order valence-electron chi connectivity index (χ0n) is 23.4. The molecule has 2 aromatic heterocycles. The van der Waals surface area contributed by atoms with E-state index in [1.54, 1.807) is 50.2 Å². The molecule has 0 aliphatic heterocycles. The van der Waals surface area contributed by atoms with Crippen molar-refractivity contribution < 1.29 is 35.3 Å². The van der Waals surface area contributed by atoms with Crippen LogP contribution < -0.4 is 4.72 Å². The van der Waals surface area contributed by atoms with Gasteiger partial charge in [-0.05, 0) is 61.4 Å². The summed E-state index contributed by atoms with van der Waals surface area (Å²) in [6.07, 6.45) is -1.84. The topological polar surface area (TPSA) is 119 Å². The molecule has 0 fully saturated rings. The lowest BCUT2D eigenvalue weighted by Crippen LogP contribution is -2.27. The summed E-state index contributed by atoms with van der Waals surface area (Å²) in [6.45, 7) is 3.20. The van der Waals surface area contributed by atoms with Gasteiger partial charge in [-0.15, -0.1) is 0 Å². The van der Waals surface area contributed by atoms with E-state index in [0.717, 1.165) is 12.1 Å². The van der Waals surface area contributed by atoms with Crippen molar-refractivity contribution >= 4 is 33.4 Å². The van der Waals surface area contributed by atoms with E-state index in [-0.39, 0.29) is 33.8 Å². The minimum atomic E-state index is -4.68. The van der Waals surface area contributed by atoms with E-state index in [2.05, 4.69) is 14.9 Å². The Kier molecular flexibility index (Phi) is 8.28. The monoisotopic (exact) mass is 644 g/mol. The molecule has 9 nitrogen and oxygen atoms in total. The van der Waals surface area contributed by atoms with Gasteiger partial charge >= 0.3 is 6.18 Å². The molecule has 0 bridgehead atoms. The third-order valence-electron chi connectivity index (χ3n) is 6.91.